The van der Waals surface area contributed by atoms with Crippen LogP contribution < -0.4 is 5.56 Å². The molecule has 2 aromatic rings. The minimum Gasteiger partial charge on any atom is -0.463 e. The number of carbonyl (C=O) groups is 1. The molecule has 0 radical (unpaired) electrons. The number of halogens is 2. The monoisotopic (exact) mass is 302 g/mol. The summed E-state index contributed by atoms with van der Waals surface area (Å²) in [4.78, 5) is 22.9. The molecule has 0 bridgehead atoms. The first-order valence-electron chi connectivity index (χ1n) is 5.11. The Labute approximate surface area is 117 Å². The molecule has 0 aliphatic heterocycles. The number of nitrogens with zero attached hydrogens (tertiary/aromatic N) is 2. The summed E-state index contributed by atoms with van der Waals surface area (Å²) in [5.74, 6) is -0.181. The van der Waals surface area contributed by atoms with Gasteiger partial charge in [-0.05, 0) is 12.1 Å². The van der Waals surface area contributed by atoms with Gasteiger partial charge in [-0.1, -0.05) is 23.2 Å². The lowest BCUT2D eigenvalue weighted by Gasteiger charge is -2.03. The van der Waals surface area contributed by atoms with Gasteiger partial charge in [0.1, 0.15) is 17.3 Å². The van der Waals surface area contributed by atoms with Crippen molar-refractivity contribution in [2.75, 3.05) is 7.11 Å². The van der Waals surface area contributed by atoms with E-state index in [0.717, 1.165) is 4.68 Å². The van der Waals surface area contributed by atoms with E-state index in [0.29, 0.717) is 5.76 Å². The number of methoxy groups -OCH3 is 1. The number of carbonyl (C=O) groups excluding carboxylic acids is 1. The first kappa shape index (κ1) is 13.6. The highest BCUT2D eigenvalue weighted by Gasteiger charge is 2.13. The van der Waals surface area contributed by atoms with Gasteiger partial charge in [-0.25, -0.2) is 9.48 Å². The Morgan fingerprint density at radius 1 is 1.47 bits per heavy atom. The van der Waals surface area contributed by atoms with Gasteiger partial charge in [0.05, 0.1) is 18.3 Å². The van der Waals surface area contributed by atoms with Crippen LogP contribution in [0.3, 0.4) is 0 Å². The molecular weight excluding hydrogens is 295 g/mol. The zero-order chi connectivity index (χ0) is 14.0. The fraction of sp³-hybridized carbons (Fsp3) is 0.182. The fourth-order valence-electron chi connectivity index (χ4n) is 1.38. The molecule has 19 heavy (non-hydrogen) atoms. The Balaban J connectivity index is 2.27. The average Bonchev–Trinajstić information content (AvgIpc) is 2.87. The van der Waals surface area contributed by atoms with E-state index in [1.54, 1.807) is 6.07 Å². The summed E-state index contributed by atoms with van der Waals surface area (Å²) in [6.45, 7) is 0.0344. The molecule has 0 saturated heterocycles. The Morgan fingerprint density at radius 2 is 2.21 bits per heavy atom. The van der Waals surface area contributed by atoms with Crippen LogP contribution in [-0.2, 0) is 11.3 Å². The summed E-state index contributed by atoms with van der Waals surface area (Å²) < 4.78 is 10.8. The van der Waals surface area contributed by atoms with Gasteiger partial charge in [-0.3, -0.25) is 4.79 Å². The summed E-state index contributed by atoms with van der Waals surface area (Å²) in [6, 6.07) is 2.99. The summed E-state index contributed by atoms with van der Waals surface area (Å²) in [5, 5.41) is 3.79. The normalized spacial score (nSPS) is 10.5. The third kappa shape index (κ3) is 2.80. The van der Waals surface area contributed by atoms with E-state index in [4.69, 9.17) is 27.6 Å². The molecule has 0 aliphatic carbocycles. The van der Waals surface area contributed by atoms with Crippen molar-refractivity contribution in [1.82, 2.24) is 9.78 Å². The molecule has 6 nitrogen and oxygen atoms in total. The highest BCUT2D eigenvalue weighted by Crippen LogP contribution is 2.15. The number of rotatable bonds is 3. The number of furan rings is 1. The number of ether oxygens (including phenoxy) is 1. The molecule has 0 aliphatic rings. The highest BCUT2D eigenvalue weighted by molar-refractivity contribution is 6.41. The lowest BCUT2D eigenvalue weighted by Crippen LogP contribution is -2.23. The predicted molar refractivity (Wildman–Crippen MR) is 67.7 cm³/mol. The molecule has 0 atom stereocenters. The quantitative estimate of drug-likeness (QED) is 0.811. The molecule has 0 unspecified atom stereocenters. The molecule has 0 fully saturated rings. The van der Waals surface area contributed by atoms with Crippen molar-refractivity contribution in [3.8, 4) is 0 Å². The molecule has 8 heteroatoms. The van der Waals surface area contributed by atoms with Crippen LogP contribution in [-0.4, -0.2) is 22.9 Å². The van der Waals surface area contributed by atoms with Gasteiger partial charge in [-0.2, -0.15) is 5.10 Å². The van der Waals surface area contributed by atoms with E-state index in [2.05, 4.69) is 9.84 Å². The smallest absolute Gasteiger partial charge is 0.373 e. The maximum atomic E-state index is 11.7. The Morgan fingerprint density at radius 3 is 2.89 bits per heavy atom. The third-order valence-corrected chi connectivity index (χ3v) is 3.04. The molecular formula is C11H8Cl2N2O4. The SMILES string of the molecule is COC(=O)c1ccc(Cn2ncc(Cl)c(Cl)c2=O)o1. The van der Waals surface area contributed by atoms with Crippen LogP contribution in [0.15, 0.2) is 27.5 Å². The maximum absolute atomic E-state index is 11.7. The molecule has 0 amide bonds. The number of hydrogen-bond acceptors (Lipinski definition) is 5. The largest absolute Gasteiger partial charge is 0.463 e. The van der Waals surface area contributed by atoms with Gasteiger partial charge >= 0.3 is 5.97 Å². The standard InChI is InChI=1S/C11H8Cl2N2O4/c1-18-11(17)8-3-2-6(19-8)5-15-10(16)9(13)7(12)4-14-15/h2-4H,5H2,1H3. The highest BCUT2D eigenvalue weighted by atomic mass is 35.5. The van der Waals surface area contributed by atoms with E-state index in [-0.39, 0.29) is 22.4 Å². The van der Waals surface area contributed by atoms with Crippen molar-refractivity contribution < 1.29 is 13.9 Å². The van der Waals surface area contributed by atoms with E-state index in [9.17, 15) is 9.59 Å². The molecule has 100 valence electrons. The molecule has 2 heterocycles. The van der Waals surface area contributed by atoms with Crippen molar-refractivity contribution in [2.24, 2.45) is 0 Å². The molecule has 0 N–H and O–H groups in total. The first-order chi connectivity index (χ1) is 9.02. The Kier molecular flexibility index (Phi) is 3.92. The fourth-order valence-corrected chi connectivity index (χ4v) is 1.65. The summed E-state index contributed by atoms with van der Waals surface area (Å²) in [7, 11) is 1.25. The minimum atomic E-state index is -0.597. The number of hydrogen-bond donors (Lipinski definition) is 0. The Bertz CT molecular complexity index is 678. The van der Waals surface area contributed by atoms with Gasteiger partial charge in [0.25, 0.3) is 5.56 Å². The summed E-state index contributed by atoms with van der Waals surface area (Å²) >= 11 is 11.4. The number of esters is 1. The molecule has 0 saturated carbocycles. The third-order valence-electron chi connectivity index (χ3n) is 2.30. The first-order valence-corrected chi connectivity index (χ1v) is 5.86. The van der Waals surface area contributed by atoms with Crippen molar-refractivity contribution >= 4 is 29.2 Å². The van der Waals surface area contributed by atoms with Crippen LogP contribution in [0.1, 0.15) is 16.3 Å². The van der Waals surface area contributed by atoms with Gasteiger partial charge in [0.15, 0.2) is 0 Å². The van der Waals surface area contributed by atoms with Gasteiger partial charge in [-0.15, -0.1) is 0 Å². The van der Waals surface area contributed by atoms with Crippen LogP contribution in [0.2, 0.25) is 10.0 Å². The zero-order valence-electron chi connectivity index (χ0n) is 9.72. The second-order valence-corrected chi connectivity index (χ2v) is 4.31. The van der Waals surface area contributed by atoms with Gasteiger partial charge < -0.3 is 9.15 Å². The average molecular weight is 303 g/mol. The topological polar surface area (TPSA) is 74.3 Å². The maximum Gasteiger partial charge on any atom is 0.373 e. The summed E-state index contributed by atoms with van der Waals surface area (Å²) in [6.07, 6.45) is 1.26. The molecule has 0 aromatic carbocycles. The van der Waals surface area contributed by atoms with Crippen LogP contribution >= 0.6 is 23.2 Å². The van der Waals surface area contributed by atoms with Gasteiger partial charge in [0, 0.05) is 0 Å². The lowest BCUT2D eigenvalue weighted by atomic mass is 10.4. The van der Waals surface area contributed by atoms with Crippen molar-refractivity contribution in [1.29, 1.82) is 0 Å². The molecule has 2 aromatic heterocycles. The van der Waals surface area contributed by atoms with Gasteiger partial charge in [0.2, 0.25) is 5.76 Å². The van der Waals surface area contributed by atoms with Crippen molar-refractivity contribution in [2.45, 2.75) is 6.54 Å². The summed E-state index contributed by atoms with van der Waals surface area (Å²) in [5.41, 5.74) is -0.537. The molecule has 0 spiro atoms. The minimum absolute atomic E-state index is 0.0344. The van der Waals surface area contributed by atoms with E-state index in [1.807, 2.05) is 0 Å². The van der Waals surface area contributed by atoms with Crippen LogP contribution in [0.4, 0.5) is 0 Å². The number of aromatic nitrogens is 2. The van der Waals surface area contributed by atoms with E-state index < -0.39 is 11.5 Å². The zero-order valence-corrected chi connectivity index (χ0v) is 11.2. The molecule has 2 rings (SSSR count). The lowest BCUT2D eigenvalue weighted by molar-refractivity contribution is 0.0562. The van der Waals surface area contributed by atoms with Crippen LogP contribution in [0.5, 0.6) is 0 Å². The van der Waals surface area contributed by atoms with E-state index in [1.165, 1.54) is 19.4 Å². The van der Waals surface area contributed by atoms with Crippen LogP contribution in [0.25, 0.3) is 0 Å². The van der Waals surface area contributed by atoms with Crippen molar-refractivity contribution in [3.05, 3.63) is 50.2 Å². The predicted octanol–water partition coefficient (Wildman–Crippen LogP) is 1.98. The second kappa shape index (κ2) is 5.46. The van der Waals surface area contributed by atoms with E-state index >= 15 is 0 Å². The van der Waals surface area contributed by atoms with Crippen LogP contribution in [0, 0.1) is 0 Å². The second-order valence-electron chi connectivity index (χ2n) is 3.53. The van der Waals surface area contributed by atoms with Crippen molar-refractivity contribution in [3.63, 3.8) is 0 Å². The Hall–Kier alpha value is -1.79.